The monoisotopic (exact) mass is 278 g/mol. The lowest BCUT2D eigenvalue weighted by molar-refractivity contribution is 0.102. The van der Waals surface area contributed by atoms with Crippen molar-refractivity contribution in [2.75, 3.05) is 19.5 Å². The van der Waals surface area contributed by atoms with Crippen LogP contribution in [0.2, 0.25) is 0 Å². The van der Waals surface area contributed by atoms with Gasteiger partial charge in [-0.05, 0) is 6.07 Å². The zero-order valence-corrected chi connectivity index (χ0v) is 10.8. The normalized spacial score (nSPS) is 9.95. The second-order valence-corrected chi connectivity index (χ2v) is 3.60. The second kappa shape index (κ2) is 5.91. The Labute approximate surface area is 113 Å². The lowest BCUT2D eigenvalue weighted by Gasteiger charge is -2.07. The summed E-state index contributed by atoms with van der Waals surface area (Å²) in [5.74, 6) is -0.868. The summed E-state index contributed by atoms with van der Waals surface area (Å²) in [6.07, 6.45) is 1.19. The molecule has 0 atom stereocenters. The van der Waals surface area contributed by atoms with Gasteiger partial charge in [0.15, 0.2) is 0 Å². The lowest BCUT2D eigenvalue weighted by Crippen LogP contribution is -2.15. The van der Waals surface area contributed by atoms with E-state index in [4.69, 9.17) is 9.47 Å². The van der Waals surface area contributed by atoms with Gasteiger partial charge in [0, 0.05) is 17.8 Å². The Morgan fingerprint density at radius 1 is 1.20 bits per heavy atom. The number of carbonyl (C=O) groups is 1. The number of amides is 1. The van der Waals surface area contributed by atoms with Crippen molar-refractivity contribution in [1.29, 1.82) is 0 Å². The third-order valence-corrected chi connectivity index (χ3v) is 2.31. The van der Waals surface area contributed by atoms with Crippen LogP contribution in [0.4, 0.5) is 10.3 Å². The van der Waals surface area contributed by atoms with Crippen LogP contribution < -0.4 is 14.8 Å². The molecule has 1 amide bonds. The van der Waals surface area contributed by atoms with Crippen molar-refractivity contribution >= 4 is 11.9 Å². The standard InChI is InChI=1S/C12H11FN4O3/c1-19-9-6-10(20-2)16-12(15-9)17-11(18)7-3-4-14-8(13)5-7/h3-6H,1-2H3,(H,15,16,17,18). The van der Waals surface area contributed by atoms with Crippen LogP contribution in [0.1, 0.15) is 10.4 Å². The van der Waals surface area contributed by atoms with Crippen LogP contribution in [0.25, 0.3) is 0 Å². The molecular weight excluding hydrogens is 267 g/mol. The zero-order chi connectivity index (χ0) is 14.5. The molecule has 0 aliphatic rings. The number of nitrogens with one attached hydrogen (secondary N) is 1. The van der Waals surface area contributed by atoms with Gasteiger partial charge in [-0.15, -0.1) is 0 Å². The molecule has 0 aliphatic carbocycles. The Morgan fingerprint density at radius 3 is 2.40 bits per heavy atom. The van der Waals surface area contributed by atoms with Crippen molar-refractivity contribution in [3.05, 3.63) is 35.9 Å². The van der Waals surface area contributed by atoms with Gasteiger partial charge in [-0.1, -0.05) is 0 Å². The first-order chi connectivity index (χ1) is 9.62. The summed E-state index contributed by atoms with van der Waals surface area (Å²) in [5.41, 5.74) is 0.0999. The van der Waals surface area contributed by atoms with Crippen molar-refractivity contribution in [3.63, 3.8) is 0 Å². The number of hydrogen-bond donors (Lipinski definition) is 1. The summed E-state index contributed by atoms with van der Waals surface area (Å²) >= 11 is 0. The molecule has 1 N–H and O–H groups in total. The molecule has 8 heteroatoms. The second-order valence-electron chi connectivity index (χ2n) is 3.60. The third-order valence-electron chi connectivity index (χ3n) is 2.31. The Morgan fingerprint density at radius 2 is 1.85 bits per heavy atom. The quantitative estimate of drug-likeness (QED) is 0.848. The molecule has 0 fully saturated rings. The van der Waals surface area contributed by atoms with Gasteiger partial charge in [-0.2, -0.15) is 14.4 Å². The van der Waals surface area contributed by atoms with Crippen molar-refractivity contribution in [1.82, 2.24) is 15.0 Å². The predicted molar refractivity (Wildman–Crippen MR) is 67.3 cm³/mol. The van der Waals surface area contributed by atoms with E-state index < -0.39 is 11.9 Å². The molecule has 0 unspecified atom stereocenters. The molecular formula is C12H11FN4O3. The molecule has 2 aromatic heterocycles. The number of pyridine rings is 1. The summed E-state index contributed by atoms with van der Waals surface area (Å²) in [5, 5.41) is 2.42. The fourth-order valence-corrected chi connectivity index (χ4v) is 1.39. The molecule has 0 aromatic carbocycles. The van der Waals surface area contributed by atoms with E-state index in [1.165, 1.54) is 32.5 Å². The van der Waals surface area contributed by atoms with Crippen LogP contribution in [0.15, 0.2) is 24.4 Å². The largest absolute Gasteiger partial charge is 0.481 e. The van der Waals surface area contributed by atoms with Crippen LogP contribution in [0, 0.1) is 5.95 Å². The summed E-state index contributed by atoms with van der Waals surface area (Å²) < 4.78 is 22.8. The van der Waals surface area contributed by atoms with E-state index in [9.17, 15) is 9.18 Å². The summed E-state index contributed by atoms with van der Waals surface area (Å²) in [4.78, 5) is 23.1. The smallest absolute Gasteiger partial charge is 0.258 e. The summed E-state index contributed by atoms with van der Waals surface area (Å²) in [6, 6.07) is 3.84. The minimum absolute atomic E-state index is 0.0107. The highest BCUT2D eigenvalue weighted by Crippen LogP contribution is 2.17. The molecule has 0 radical (unpaired) electrons. The topological polar surface area (TPSA) is 86.2 Å². The number of rotatable bonds is 4. The van der Waals surface area contributed by atoms with Crippen molar-refractivity contribution in [2.45, 2.75) is 0 Å². The van der Waals surface area contributed by atoms with E-state index in [1.807, 2.05) is 0 Å². The molecule has 0 spiro atoms. The Hall–Kier alpha value is -2.77. The SMILES string of the molecule is COc1cc(OC)nc(NC(=O)c2ccnc(F)c2)n1. The van der Waals surface area contributed by atoms with Gasteiger partial charge in [-0.3, -0.25) is 10.1 Å². The maximum absolute atomic E-state index is 12.9. The van der Waals surface area contributed by atoms with Crippen LogP contribution >= 0.6 is 0 Å². The first-order valence-electron chi connectivity index (χ1n) is 5.52. The molecule has 20 heavy (non-hydrogen) atoms. The van der Waals surface area contributed by atoms with Crippen molar-refractivity contribution in [3.8, 4) is 11.8 Å². The highest BCUT2D eigenvalue weighted by Gasteiger charge is 2.11. The Balaban J connectivity index is 2.23. The molecule has 104 valence electrons. The van der Waals surface area contributed by atoms with Crippen LogP contribution in [-0.2, 0) is 0 Å². The first kappa shape index (κ1) is 13.7. The van der Waals surface area contributed by atoms with Gasteiger partial charge < -0.3 is 9.47 Å². The average Bonchev–Trinajstić information content (AvgIpc) is 2.46. The van der Waals surface area contributed by atoms with Crippen molar-refractivity contribution in [2.24, 2.45) is 0 Å². The highest BCUT2D eigenvalue weighted by molar-refractivity contribution is 6.03. The van der Waals surface area contributed by atoms with Crippen LogP contribution in [0.3, 0.4) is 0 Å². The van der Waals surface area contributed by atoms with E-state index in [1.54, 1.807) is 0 Å². The predicted octanol–water partition coefficient (Wildman–Crippen LogP) is 1.28. The third kappa shape index (κ3) is 3.16. The van der Waals surface area contributed by atoms with E-state index in [0.29, 0.717) is 0 Å². The van der Waals surface area contributed by atoms with Gasteiger partial charge in [0.05, 0.1) is 20.3 Å². The molecule has 2 aromatic rings. The number of halogens is 1. The number of hydrogen-bond acceptors (Lipinski definition) is 6. The average molecular weight is 278 g/mol. The molecule has 0 saturated carbocycles. The minimum Gasteiger partial charge on any atom is -0.481 e. The Kier molecular flexibility index (Phi) is 4.04. The number of nitrogens with zero attached hydrogens (tertiary/aromatic N) is 3. The van der Waals surface area contributed by atoms with Crippen LogP contribution in [-0.4, -0.2) is 35.1 Å². The highest BCUT2D eigenvalue weighted by atomic mass is 19.1. The number of ether oxygens (including phenoxy) is 2. The van der Waals surface area contributed by atoms with E-state index in [-0.39, 0.29) is 23.3 Å². The first-order valence-corrected chi connectivity index (χ1v) is 5.52. The number of carbonyl (C=O) groups excluding carboxylic acids is 1. The van der Waals surface area contributed by atoms with Gasteiger partial charge >= 0.3 is 0 Å². The summed E-state index contributed by atoms with van der Waals surface area (Å²) in [6.45, 7) is 0. The fraction of sp³-hybridized carbons (Fsp3) is 0.167. The fourth-order valence-electron chi connectivity index (χ4n) is 1.39. The van der Waals surface area contributed by atoms with Gasteiger partial charge in [0.1, 0.15) is 0 Å². The van der Waals surface area contributed by atoms with Crippen LogP contribution in [0.5, 0.6) is 11.8 Å². The maximum atomic E-state index is 12.9. The number of anilines is 1. The maximum Gasteiger partial charge on any atom is 0.258 e. The Bertz CT molecular complexity index is 614. The molecule has 7 nitrogen and oxygen atoms in total. The molecule has 0 aliphatic heterocycles. The zero-order valence-electron chi connectivity index (χ0n) is 10.8. The lowest BCUT2D eigenvalue weighted by atomic mass is 10.2. The molecule has 2 heterocycles. The molecule has 0 saturated heterocycles. The van der Waals surface area contributed by atoms with Gasteiger partial charge in [0.2, 0.25) is 23.7 Å². The van der Waals surface area contributed by atoms with E-state index >= 15 is 0 Å². The van der Waals surface area contributed by atoms with Crippen molar-refractivity contribution < 1.29 is 18.7 Å². The molecule has 0 bridgehead atoms. The minimum atomic E-state index is -0.748. The van der Waals surface area contributed by atoms with Gasteiger partial charge in [-0.25, -0.2) is 4.98 Å². The number of aromatic nitrogens is 3. The van der Waals surface area contributed by atoms with E-state index in [0.717, 1.165) is 6.07 Å². The van der Waals surface area contributed by atoms with E-state index in [2.05, 4.69) is 20.3 Å². The van der Waals surface area contributed by atoms with Gasteiger partial charge in [0.25, 0.3) is 5.91 Å². The molecule has 2 rings (SSSR count). The summed E-state index contributed by atoms with van der Waals surface area (Å²) in [7, 11) is 2.84. The number of methoxy groups -OCH3 is 2.